The average molecular weight is 254 g/mol. The highest BCUT2D eigenvalue weighted by atomic mass is 35.5. The van der Waals surface area contributed by atoms with E-state index in [1.165, 1.54) is 18.3 Å². The topological polar surface area (TPSA) is 42.1 Å². The van der Waals surface area contributed by atoms with Gasteiger partial charge in [0.2, 0.25) is 0 Å². The molecule has 0 aromatic carbocycles. The van der Waals surface area contributed by atoms with Crippen molar-refractivity contribution in [3.05, 3.63) is 23.4 Å². The molecule has 1 aromatic heterocycles. The summed E-state index contributed by atoms with van der Waals surface area (Å²) < 4.78 is 36.8. The van der Waals surface area contributed by atoms with Crippen LogP contribution in [0.5, 0.6) is 0 Å². The van der Waals surface area contributed by atoms with E-state index in [4.69, 9.17) is 17.3 Å². The lowest BCUT2D eigenvalue weighted by atomic mass is 10.4. The van der Waals surface area contributed by atoms with Gasteiger partial charge in [-0.05, 0) is 12.1 Å². The molecule has 0 aliphatic carbocycles. The van der Waals surface area contributed by atoms with Crippen LogP contribution >= 0.6 is 11.6 Å². The average Bonchev–Trinajstić information content (AvgIpc) is 2.16. The molecule has 0 saturated carbocycles. The van der Waals surface area contributed by atoms with Gasteiger partial charge < -0.3 is 10.6 Å². The number of anilines is 1. The SMILES string of the molecule is NCCN(CC(F)(F)F)c1ccc(Cl)cn1. The molecule has 0 saturated heterocycles. The zero-order chi connectivity index (χ0) is 12.2. The van der Waals surface area contributed by atoms with Crippen molar-refractivity contribution in [2.24, 2.45) is 5.73 Å². The fraction of sp³-hybridized carbons (Fsp3) is 0.444. The number of rotatable bonds is 4. The molecule has 0 spiro atoms. The summed E-state index contributed by atoms with van der Waals surface area (Å²) in [6.45, 7) is -0.854. The lowest BCUT2D eigenvalue weighted by Gasteiger charge is -2.24. The number of hydrogen-bond acceptors (Lipinski definition) is 3. The minimum absolute atomic E-state index is 0.0914. The lowest BCUT2D eigenvalue weighted by molar-refractivity contribution is -0.119. The number of aromatic nitrogens is 1. The van der Waals surface area contributed by atoms with Crippen LogP contribution in [0.4, 0.5) is 19.0 Å². The number of alkyl halides is 3. The second-order valence-corrected chi connectivity index (χ2v) is 3.60. The summed E-state index contributed by atoms with van der Waals surface area (Å²) in [6, 6.07) is 2.92. The zero-order valence-corrected chi connectivity index (χ0v) is 9.09. The van der Waals surface area contributed by atoms with E-state index in [0.717, 1.165) is 4.90 Å². The standard InChI is InChI=1S/C9H11ClF3N3/c10-7-1-2-8(15-5-7)16(4-3-14)6-9(11,12)13/h1-2,5H,3-4,6,14H2. The first-order chi connectivity index (χ1) is 7.42. The van der Waals surface area contributed by atoms with Crippen LogP contribution in [-0.2, 0) is 0 Å². The Bertz CT molecular complexity index is 326. The number of hydrogen-bond donors (Lipinski definition) is 1. The van der Waals surface area contributed by atoms with Gasteiger partial charge in [0.15, 0.2) is 0 Å². The number of pyridine rings is 1. The second-order valence-electron chi connectivity index (χ2n) is 3.16. The van der Waals surface area contributed by atoms with Gasteiger partial charge in [-0.1, -0.05) is 11.6 Å². The highest BCUT2D eigenvalue weighted by molar-refractivity contribution is 6.30. The molecule has 0 aliphatic rings. The number of halogens is 4. The fourth-order valence-electron chi connectivity index (χ4n) is 1.20. The van der Waals surface area contributed by atoms with E-state index >= 15 is 0 Å². The highest BCUT2D eigenvalue weighted by Crippen LogP contribution is 2.21. The summed E-state index contributed by atoms with van der Waals surface area (Å²) in [5.41, 5.74) is 5.25. The van der Waals surface area contributed by atoms with Crippen molar-refractivity contribution in [2.75, 3.05) is 24.5 Å². The molecule has 3 nitrogen and oxygen atoms in total. The third kappa shape index (κ3) is 4.24. The van der Waals surface area contributed by atoms with Crippen LogP contribution in [0.15, 0.2) is 18.3 Å². The van der Waals surface area contributed by atoms with E-state index in [1.807, 2.05) is 0 Å². The summed E-state index contributed by atoms with van der Waals surface area (Å²) in [5, 5.41) is 0.378. The molecule has 1 aromatic rings. The third-order valence-corrected chi connectivity index (χ3v) is 2.03. The molecule has 0 aliphatic heterocycles. The van der Waals surface area contributed by atoms with Gasteiger partial charge in [0.25, 0.3) is 0 Å². The van der Waals surface area contributed by atoms with E-state index < -0.39 is 12.7 Å². The first kappa shape index (κ1) is 13.1. The molecule has 0 amide bonds. The van der Waals surface area contributed by atoms with Crippen molar-refractivity contribution in [3.8, 4) is 0 Å². The Labute approximate surface area is 96.0 Å². The lowest BCUT2D eigenvalue weighted by Crippen LogP contribution is -2.38. The van der Waals surface area contributed by atoms with Gasteiger partial charge in [0.1, 0.15) is 12.4 Å². The van der Waals surface area contributed by atoms with Crippen molar-refractivity contribution in [2.45, 2.75) is 6.18 Å². The van der Waals surface area contributed by atoms with Gasteiger partial charge in [-0.3, -0.25) is 0 Å². The third-order valence-electron chi connectivity index (χ3n) is 1.80. The van der Waals surface area contributed by atoms with E-state index in [0.29, 0.717) is 5.02 Å². The first-order valence-corrected chi connectivity index (χ1v) is 4.93. The Balaban J connectivity index is 2.80. The van der Waals surface area contributed by atoms with Crippen LogP contribution in [0.3, 0.4) is 0 Å². The van der Waals surface area contributed by atoms with Crippen LogP contribution < -0.4 is 10.6 Å². The maximum absolute atomic E-state index is 12.3. The van der Waals surface area contributed by atoms with Gasteiger partial charge in [0, 0.05) is 19.3 Å². The van der Waals surface area contributed by atoms with E-state index in [9.17, 15) is 13.2 Å². The maximum Gasteiger partial charge on any atom is 0.405 e. The Morgan fingerprint density at radius 3 is 2.50 bits per heavy atom. The van der Waals surface area contributed by atoms with Crippen LogP contribution in [0, 0.1) is 0 Å². The highest BCUT2D eigenvalue weighted by Gasteiger charge is 2.31. The quantitative estimate of drug-likeness (QED) is 0.893. The Hall–Kier alpha value is -1.01. The number of nitrogens with zero attached hydrogens (tertiary/aromatic N) is 2. The van der Waals surface area contributed by atoms with Crippen LogP contribution in [0.25, 0.3) is 0 Å². The number of nitrogens with two attached hydrogens (primary N) is 1. The minimum atomic E-state index is -4.28. The summed E-state index contributed by atoms with van der Waals surface area (Å²) in [4.78, 5) is 4.89. The van der Waals surface area contributed by atoms with Crippen LogP contribution in [0.2, 0.25) is 5.02 Å². The van der Waals surface area contributed by atoms with Gasteiger partial charge in [-0.15, -0.1) is 0 Å². The van der Waals surface area contributed by atoms with Gasteiger partial charge in [-0.25, -0.2) is 4.98 Å². The predicted octanol–water partition coefficient (Wildman–Crippen LogP) is 2.06. The van der Waals surface area contributed by atoms with Crippen LogP contribution in [-0.4, -0.2) is 30.8 Å². The van der Waals surface area contributed by atoms with E-state index in [1.54, 1.807) is 0 Å². The summed E-state index contributed by atoms with van der Waals surface area (Å²) in [5.74, 6) is 0.215. The van der Waals surface area contributed by atoms with Crippen LogP contribution in [0.1, 0.15) is 0 Å². The van der Waals surface area contributed by atoms with Crippen molar-refractivity contribution < 1.29 is 13.2 Å². The Kier molecular flexibility index (Phi) is 4.37. The Morgan fingerprint density at radius 2 is 2.06 bits per heavy atom. The van der Waals surface area contributed by atoms with E-state index in [-0.39, 0.29) is 18.9 Å². The molecule has 1 rings (SSSR count). The molecule has 0 bridgehead atoms. The van der Waals surface area contributed by atoms with Crippen molar-refractivity contribution >= 4 is 17.4 Å². The van der Waals surface area contributed by atoms with Gasteiger partial charge >= 0.3 is 6.18 Å². The summed E-state index contributed by atoms with van der Waals surface area (Å²) >= 11 is 5.60. The molecular weight excluding hydrogens is 243 g/mol. The molecule has 1 heterocycles. The largest absolute Gasteiger partial charge is 0.405 e. The van der Waals surface area contributed by atoms with Gasteiger partial charge in [-0.2, -0.15) is 13.2 Å². The Morgan fingerprint density at radius 1 is 1.38 bits per heavy atom. The molecule has 16 heavy (non-hydrogen) atoms. The molecule has 0 unspecified atom stereocenters. The minimum Gasteiger partial charge on any atom is -0.346 e. The molecule has 90 valence electrons. The monoisotopic (exact) mass is 253 g/mol. The molecule has 0 fully saturated rings. The van der Waals surface area contributed by atoms with Crippen molar-refractivity contribution in [3.63, 3.8) is 0 Å². The zero-order valence-electron chi connectivity index (χ0n) is 8.34. The first-order valence-electron chi connectivity index (χ1n) is 4.55. The van der Waals surface area contributed by atoms with Gasteiger partial charge in [0.05, 0.1) is 5.02 Å². The molecule has 0 radical (unpaired) electrons. The van der Waals surface area contributed by atoms with Crippen molar-refractivity contribution in [1.29, 1.82) is 0 Å². The molecule has 0 atom stereocenters. The molecule has 2 N–H and O–H groups in total. The second kappa shape index (κ2) is 5.36. The smallest absolute Gasteiger partial charge is 0.346 e. The molecule has 7 heteroatoms. The normalized spacial score (nSPS) is 11.6. The summed E-state index contributed by atoms with van der Waals surface area (Å²) in [6.07, 6.45) is -2.98. The van der Waals surface area contributed by atoms with E-state index in [2.05, 4.69) is 4.98 Å². The predicted molar refractivity (Wildman–Crippen MR) is 56.6 cm³/mol. The summed E-state index contributed by atoms with van der Waals surface area (Å²) in [7, 11) is 0. The van der Waals surface area contributed by atoms with Crippen molar-refractivity contribution in [1.82, 2.24) is 4.98 Å². The maximum atomic E-state index is 12.3. The molecular formula is C9H11ClF3N3. The fourth-order valence-corrected chi connectivity index (χ4v) is 1.31.